The number of anilines is 1. The molecule has 1 aliphatic heterocycles. The van der Waals surface area contributed by atoms with Crippen LogP contribution in [0.4, 0.5) is 5.13 Å². The van der Waals surface area contributed by atoms with Crippen LogP contribution in [0.2, 0.25) is 0 Å². The van der Waals surface area contributed by atoms with Gasteiger partial charge in [0.05, 0.1) is 12.2 Å². The Morgan fingerprint density at radius 2 is 2.25 bits per heavy atom. The fourth-order valence-corrected chi connectivity index (χ4v) is 3.49. The lowest BCUT2D eigenvalue weighted by atomic mass is 10.2. The summed E-state index contributed by atoms with van der Waals surface area (Å²) in [6, 6.07) is 0. The highest BCUT2D eigenvalue weighted by molar-refractivity contribution is 7.15. The summed E-state index contributed by atoms with van der Waals surface area (Å²) in [5.74, 6) is 0.657. The molecule has 1 fully saturated rings. The molecule has 0 aliphatic carbocycles. The van der Waals surface area contributed by atoms with Crippen molar-refractivity contribution in [1.29, 1.82) is 0 Å². The Morgan fingerprint density at radius 1 is 1.42 bits per heavy atom. The van der Waals surface area contributed by atoms with Gasteiger partial charge in [-0.25, -0.2) is 0 Å². The summed E-state index contributed by atoms with van der Waals surface area (Å²) >= 11 is 1.37. The Labute approximate surface area is 144 Å². The van der Waals surface area contributed by atoms with E-state index >= 15 is 0 Å². The highest BCUT2D eigenvalue weighted by Gasteiger charge is 2.22. The summed E-state index contributed by atoms with van der Waals surface area (Å²) in [5.41, 5.74) is 1.87. The molecule has 1 N–H and O–H groups in total. The van der Waals surface area contributed by atoms with Gasteiger partial charge in [-0.2, -0.15) is 0 Å². The van der Waals surface area contributed by atoms with E-state index in [1.165, 1.54) is 11.3 Å². The smallest absolute Gasteiger partial charge is 0.240 e. The first-order valence-electron chi connectivity index (χ1n) is 7.88. The molecular formula is C15H21N5O3S. The van der Waals surface area contributed by atoms with Crippen molar-refractivity contribution in [1.82, 2.24) is 20.3 Å². The molecule has 2 aromatic heterocycles. The SMILES string of the molecule is Cc1noc(C)c1CN(C)CC(=O)Nc1nnc([C@H]2CCCO2)s1. The van der Waals surface area contributed by atoms with Gasteiger partial charge in [-0.1, -0.05) is 16.5 Å². The molecule has 3 rings (SSSR count). The molecule has 1 atom stereocenters. The molecule has 3 heterocycles. The van der Waals surface area contributed by atoms with Gasteiger partial charge in [0, 0.05) is 18.7 Å². The molecule has 0 bridgehead atoms. The van der Waals surface area contributed by atoms with Gasteiger partial charge in [0.15, 0.2) is 0 Å². The van der Waals surface area contributed by atoms with Crippen molar-refractivity contribution in [2.45, 2.75) is 39.3 Å². The lowest BCUT2D eigenvalue weighted by Gasteiger charge is -2.15. The van der Waals surface area contributed by atoms with Crippen LogP contribution in [0.3, 0.4) is 0 Å². The number of carbonyl (C=O) groups excluding carboxylic acids is 1. The van der Waals surface area contributed by atoms with Crippen LogP contribution in [-0.4, -0.2) is 46.4 Å². The van der Waals surface area contributed by atoms with E-state index in [9.17, 15) is 4.79 Å². The van der Waals surface area contributed by atoms with Crippen LogP contribution < -0.4 is 5.32 Å². The number of hydrogen-bond acceptors (Lipinski definition) is 8. The second kappa shape index (κ2) is 7.37. The molecule has 1 aliphatic rings. The first kappa shape index (κ1) is 17.0. The maximum absolute atomic E-state index is 12.2. The Balaban J connectivity index is 1.51. The van der Waals surface area contributed by atoms with E-state index in [2.05, 4.69) is 20.7 Å². The predicted molar refractivity (Wildman–Crippen MR) is 88.8 cm³/mol. The van der Waals surface area contributed by atoms with E-state index < -0.39 is 0 Å². The fraction of sp³-hybridized carbons (Fsp3) is 0.600. The first-order valence-corrected chi connectivity index (χ1v) is 8.69. The maximum Gasteiger partial charge on any atom is 0.240 e. The van der Waals surface area contributed by atoms with E-state index in [0.29, 0.717) is 11.7 Å². The molecule has 8 nitrogen and oxygen atoms in total. The minimum Gasteiger partial charge on any atom is -0.371 e. The molecule has 0 aromatic carbocycles. The summed E-state index contributed by atoms with van der Waals surface area (Å²) < 4.78 is 10.7. The van der Waals surface area contributed by atoms with Crippen LogP contribution in [-0.2, 0) is 16.1 Å². The minimum absolute atomic E-state index is 0.0235. The van der Waals surface area contributed by atoms with Crippen molar-refractivity contribution in [3.63, 3.8) is 0 Å². The highest BCUT2D eigenvalue weighted by atomic mass is 32.1. The topological polar surface area (TPSA) is 93.4 Å². The third-order valence-corrected chi connectivity index (χ3v) is 4.85. The van der Waals surface area contributed by atoms with Gasteiger partial charge in [0.2, 0.25) is 11.0 Å². The maximum atomic E-state index is 12.2. The van der Waals surface area contributed by atoms with Gasteiger partial charge in [-0.05, 0) is 33.7 Å². The zero-order chi connectivity index (χ0) is 17.1. The number of hydrogen-bond donors (Lipinski definition) is 1. The Bertz CT molecular complexity index is 688. The van der Waals surface area contributed by atoms with Crippen molar-refractivity contribution in [3.8, 4) is 0 Å². The second-order valence-corrected chi connectivity index (χ2v) is 6.98. The Hall–Kier alpha value is -1.84. The van der Waals surface area contributed by atoms with E-state index in [0.717, 1.165) is 41.5 Å². The molecular weight excluding hydrogens is 330 g/mol. The molecule has 9 heteroatoms. The number of nitrogens with one attached hydrogen (secondary N) is 1. The monoisotopic (exact) mass is 351 g/mol. The number of likely N-dealkylation sites (N-methyl/N-ethyl adjacent to an activating group) is 1. The zero-order valence-electron chi connectivity index (χ0n) is 14.0. The quantitative estimate of drug-likeness (QED) is 0.851. The van der Waals surface area contributed by atoms with Crippen molar-refractivity contribution in [3.05, 3.63) is 22.0 Å². The standard InChI is InChI=1S/C15H21N5O3S/c1-9-11(10(2)23-19-9)7-20(3)8-13(21)16-15-18-17-14(24-15)12-5-4-6-22-12/h12H,4-8H2,1-3H3,(H,16,18,21)/t12-/m1/s1. The summed E-state index contributed by atoms with van der Waals surface area (Å²) in [6.07, 6.45) is 2.02. The van der Waals surface area contributed by atoms with Crippen molar-refractivity contribution in [2.75, 3.05) is 25.5 Å². The fourth-order valence-electron chi connectivity index (χ4n) is 2.65. The highest BCUT2D eigenvalue weighted by Crippen LogP contribution is 2.31. The number of rotatable bonds is 6. The average molecular weight is 351 g/mol. The van der Waals surface area contributed by atoms with Gasteiger partial charge in [-0.15, -0.1) is 10.2 Å². The molecule has 0 spiro atoms. The molecule has 0 saturated carbocycles. The number of amides is 1. The van der Waals surface area contributed by atoms with Crippen LogP contribution in [0.1, 0.15) is 41.0 Å². The molecule has 130 valence electrons. The summed E-state index contributed by atoms with van der Waals surface area (Å²) in [4.78, 5) is 14.1. The number of carbonyl (C=O) groups is 1. The van der Waals surface area contributed by atoms with Gasteiger partial charge < -0.3 is 9.26 Å². The van der Waals surface area contributed by atoms with E-state index in [1.807, 2.05) is 25.8 Å². The minimum atomic E-state index is -0.126. The summed E-state index contributed by atoms with van der Waals surface area (Å²) in [7, 11) is 1.88. The third-order valence-electron chi connectivity index (χ3n) is 3.91. The molecule has 1 saturated heterocycles. The van der Waals surface area contributed by atoms with Crippen molar-refractivity contribution in [2.24, 2.45) is 0 Å². The second-order valence-electron chi connectivity index (χ2n) is 5.97. The van der Waals surface area contributed by atoms with Crippen LogP contribution in [0, 0.1) is 13.8 Å². The van der Waals surface area contributed by atoms with Crippen LogP contribution in [0.25, 0.3) is 0 Å². The lowest BCUT2D eigenvalue weighted by Crippen LogP contribution is -2.30. The number of ether oxygens (including phenoxy) is 1. The zero-order valence-corrected chi connectivity index (χ0v) is 14.9. The van der Waals surface area contributed by atoms with Gasteiger partial charge in [-0.3, -0.25) is 15.0 Å². The van der Waals surface area contributed by atoms with Crippen LogP contribution in [0.15, 0.2) is 4.52 Å². The van der Waals surface area contributed by atoms with E-state index in [-0.39, 0.29) is 18.6 Å². The van der Waals surface area contributed by atoms with Gasteiger partial charge in [0.1, 0.15) is 16.9 Å². The Kier molecular flexibility index (Phi) is 5.22. The number of nitrogens with zero attached hydrogens (tertiary/aromatic N) is 4. The normalized spacial score (nSPS) is 17.6. The average Bonchev–Trinajstić information content (AvgIpc) is 3.25. The molecule has 24 heavy (non-hydrogen) atoms. The largest absolute Gasteiger partial charge is 0.371 e. The van der Waals surface area contributed by atoms with E-state index in [1.54, 1.807) is 0 Å². The summed E-state index contributed by atoms with van der Waals surface area (Å²) in [5, 5.41) is 16.2. The Morgan fingerprint density at radius 3 is 2.92 bits per heavy atom. The third kappa shape index (κ3) is 3.97. The number of aryl methyl sites for hydroxylation is 2. The lowest BCUT2D eigenvalue weighted by molar-refractivity contribution is -0.117. The van der Waals surface area contributed by atoms with Crippen molar-refractivity contribution >= 4 is 22.4 Å². The van der Waals surface area contributed by atoms with Crippen LogP contribution >= 0.6 is 11.3 Å². The predicted octanol–water partition coefficient (Wildman–Crippen LogP) is 2.06. The molecule has 2 aromatic rings. The van der Waals surface area contributed by atoms with Gasteiger partial charge >= 0.3 is 0 Å². The summed E-state index contributed by atoms with van der Waals surface area (Å²) in [6.45, 7) is 5.38. The first-order chi connectivity index (χ1) is 11.5. The van der Waals surface area contributed by atoms with Crippen molar-refractivity contribution < 1.29 is 14.1 Å². The van der Waals surface area contributed by atoms with E-state index in [4.69, 9.17) is 9.26 Å². The molecule has 0 radical (unpaired) electrons. The van der Waals surface area contributed by atoms with Gasteiger partial charge in [0.25, 0.3) is 0 Å². The molecule has 0 unspecified atom stereocenters. The number of aromatic nitrogens is 3. The van der Waals surface area contributed by atoms with Crippen LogP contribution in [0.5, 0.6) is 0 Å². The molecule has 1 amide bonds.